The minimum Gasteiger partial charge on any atom is -0.496 e. The zero-order valence-electron chi connectivity index (χ0n) is 10.1. The van der Waals surface area contributed by atoms with Gasteiger partial charge in [0.2, 0.25) is 0 Å². The Labute approximate surface area is 100 Å². The second-order valence-electron chi connectivity index (χ2n) is 4.66. The van der Waals surface area contributed by atoms with Crippen LogP contribution < -0.4 is 10.5 Å². The number of hydrogen-bond donors (Lipinski definition) is 2. The number of benzene rings is 1. The Balaban J connectivity index is 2.37. The van der Waals surface area contributed by atoms with Crippen LogP contribution in [0.3, 0.4) is 0 Å². The molecule has 1 aromatic rings. The molecule has 0 saturated heterocycles. The van der Waals surface area contributed by atoms with Crippen molar-refractivity contribution in [2.24, 2.45) is 5.73 Å². The third-order valence-electron chi connectivity index (χ3n) is 3.63. The summed E-state index contributed by atoms with van der Waals surface area (Å²) in [4.78, 5) is 11.0. The summed E-state index contributed by atoms with van der Waals surface area (Å²) in [6, 6.07) is 4.97. The van der Waals surface area contributed by atoms with Crippen LogP contribution in [0.1, 0.15) is 24.0 Å². The molecule has 1 aliphatic rings. The number of ether oxygens (including phenoxy) is 1. The van der Waals surface area contributed by atoms with Crippen molar-refractivity contribution >= 4 is 5.97 Å². The topological polar surface area (TPSA) is 72.5 Å². The summed E-state index contributed by atoms with van der Waals surface area (Å²) in [6.45, 7) is 1.96. The van der Waals surface area contributed by atoms with Gasteiger partial charge in [-0.2, -0.15) is 0 Å². The highest BCUT2D eigenvalue weighted by Gasteiger charge is 2.52. The molecule has 1 unspecified atom stereocenters. The van der Waals surface area contributed by atoms with Crippen LogP contribution in [0.4, 0.5) is 0 Å². The van der Waals surface area contributed by atoms with Crippen molar-refractivity contribution in [3.63, 3.8) is 0 Å². The van der Waals surface area contributed by atoms with E-state index in [1.54, 1.807) is 7.11 Å². The van der Waals surface area contributed by atoms with Crippen LogP contribution in [0.25, 0.3) is 0 Å². The van der Waals surface area contributed by atoms with E-state index in [1.165, 1.54) is 0 Å². The zero-order valence-corrected chi connectivity index (χ0v) is 10.1. The summed E-state index contributed by atoms with van der Waals surface area (Å²) in [5.41, 5.74) is 7.39. The average molecular weight is 235 g/mol. The Bertz CT molecular complexity index is 452. The third-order valence-corrected chi connectivity index (χ3v) is 3.63. The van der Waals surface area contributed by atoms with Gasteiger partial charge in [-0.05, 0) is 37.0 Å². The van der Waals surface area contributed by atoms with Crippen LogP contribution in [0.15, 0.2) is 18.2 Å². The minimum atomic E-state index is -0.943. The van der Waals surface area contributed by atoms with E-state index in [-0.39, 0.29) is 0 Å². The standard InChI is InChI=1S/C13H17NO3/c1-8-3-4-9(7-10(8)17-2)13(5-6-13)11(14)12(15)16/h3-4,7,11H,5-6,14H2,1-2H3,(H,15,16). The molecule has 0 aromatic heterocycles. The van der Waals surface area contributed by atoms with Gasteiger partial charge in [0, 0.05) is 5.41 Å². The highest BCUT2D eigenvalue weighted by atomic mass is 16.5. The first kappa shape index (κ1) is 11.9. The summed E-state index contributed by atoms with van der Waals surface area (Å²) >= 11 is 0. The Morgan fingerprint density at radius 2 is 2.18 bits per heavy atom. The number of aryl methyl sites for hydroxylation is 1. The fourth-order valence-corrected chi connectivity index (χ4v) is 2.28. The van der Waals surface area contributed by atoms with Crippen molar-refractivity contribution in [2.45, 2.75) is 31.2 Å². The summed E-state index contributed by atoms with van der Waals surface area (Å²) in [7, 11) is 1.61. The molecular formula is C13H17NO3. The number of nitrogens with two attached hydrogens (primary N) is 1. The van der Waals surface area contributed by atoms with Crippen LogP contribution >= 0.6 is 0 Å². The molecular weight excluding hydrogens is 218 g/mol. The molecule has 1 aromatic carbocycles. The van der Waals surface area contributed by atoms with Gasteiger partial charge in [-0.25, -0.2) is 0 Å². The second kappa shape index (κ2) is 4.04. The van der Waals surface area contributed by atoms with Crippen LogP contribution in [-0.2, 0) is 10.2 Å². The van der Waals surface area contributed by atoms with Gasteiger partial charge in [-0.1, -0.05) is 12.1 Å². The maximum atomic E-state index is 11.0. The van der Waals surface area contributed by atoms with Crippen molar-refractivity contribution < 1.29 is 14.6 Å². The quantitative estimate of drug-likeness (QED) is 0.828. The number of hydrogen-bond acceptors (Lipinski definition) is 3. The highest BCUT2D eigenvalue weighted by molar-refractivity contribution is 5.77. The molecule has 1 aliphatic carbocycles. The smallest absolute Gasteiger partial charge is 0.321 e. The zero-order chi connectivity index (χ0) is 12.6. The Morgan fingerprint density at radius 3 is 2.65 bits per heavy atom. The molecule has 0 bridgehead atoms. The van der Waals surface area contributed by atoms with Gasteiger partial charge in [0.15, 0.2) is 0 Å². The lowest BCUT2D eigenvalue weighted by Gasteiger charge is -2.21. The van der Waals surface area contributed by atoms with E-state index in [0.29, 0.717) is 0 Å². The van der Waals surface area contributed by atoms with Crippen LogP contribution in [0.2, 0.25) is 0 Å². The maximum Gasteiger partial charge on any atom is 0.321 e. The molecule has 0 amide bonds. The molecule has 92 valence electrons. The first-order valence-corrected chi connectivity index (χ1v) is 5.65. The summed E-state index contributed by atoms with van der Waals surface area (Å²) < 4.78 is 5.26. The van der Waals surface area contributed by atoms with Crippen LogP contribution in [-0.4, -0.2) is 24.2 Å². The predicted molar refractivity (Wildman–Crippen MR) is 64.3 cm³/mol. The molecule has 2 rings (SSSR count). The predicted octanol–water partition coefficient (Wildman–Crippen LogP) is 1.45. The molecule has 4 nitrogen and oxygen atoms in total. The summed E-state index contributed by atoms with van der Waals surface area (Å²) in [5.74, 6) is -0.159. The number of carboxylic acids is 1. The van der Waals surface area contributed by atoms with E-state index in [1.807, 2.05) is 25.1 Å². The molecule has 1 fully saturated rings. The van der Waals surface area contributed by atoms with Gasteiger partial charge < -0.3 is 15.6 Å². The van der Waals surface area contributed by atoms with E-state index in [2.05, 4.69) is 0 Å². The lowest BCUT2D eigenvalue weighted by molar-refractivity contribution is -0.139. The normalized spacial score (nSPS) is 18.5. The molecule has 1 saturated carbocycles. The molecule has 1 atom stereocenters. The van der Waals surface area contributed by atoms with E-state index < -0.39 is 17.4 Å². The monoisotopic (exact) mass is 235 g/mol. The number of aliphatic carboxylic acids is 1. The average Bonchev–Trinajstić information content (AvgIpc) is 3.10. The van der Waals surface area contributed by atoms with Gasteiger partial charge in [0.05, 0.1) is 7.11 Å². The number of carbonyl (C=O) groups is 1. The van der Waals surface area contributed by atoms with Gasteiger partial charge in [-0.15, -0.1) is 0 Å². The Hall–Kier alpha value is -1.55. The van der Waals surface area contributed by atoms with Gasteiger partial charge >= 0.3 is 5.97 Å². The number of carboxylic acid groups (broad SMARTS) is 1. The van der Waals surface area contributed by atoms with E-state index in [0.717, 1.165) is 29.7 Å². The largest absolute Gasteiger partial charge is 0.496 e. The van der Waals surface area contributed by atoms with E-state index >= 15 is 0 Å². The Kier molecular flexibility index (Phi) is 2.83. The molecule has 0 heterocycles. The highest BCUT2D eigenvalue weighted by Crippen LogP contribution is 2.51. The molecule has 17 heavy (non-hydrogen) atoms. The van der Waals surface area contributed by atoms with Crippen molar-refractivity contribution in [1.82, 2.24) is 0 Å². The molecule has 0 aliphatic heterocycles. The fraction of sp³-hybridized carbons (Fsp3) is 0.462. The SMILES string of the molecule is COc1cc(C2(C(N)C(=O)O)CC2)ccc1C. The second-order valence-corrected chi connectivity index (χ2v) is 4.66. The van der Waals surface area contributed by atoms with Gasteiger partial charge in [0.1, 0.15) is 11.8 Å². The fourth-order valence-electron chi connectivity index (χ4n) is 2.28. The maximum absolute atomic E-state index is 11.0. The summed E-state index contributed by atoms with van der Waals surface area (Å²) in [6.07, 6.45) is 1.65. The summed E-state index contributed by atoms with van der Waals surface area (Å²) in [5, 5.41) is 9.04. The lowest BCUT2D eigenvalue weighted by atomic mass is 9.88. The molecule has 0 spiro atoms. The van der Waals surface area contributed by atoms with Crippen molar-refractivity contribution in [1.29, 1.82) is 0 Å². The first-order valence-electron chi connectivity index (χ1n) is 5.65. The molecule has 3 N–H and O–H groups in total. The third kappa shape index (κ3) is 1.89. The van der Waals surface area contributed by atoms with E-state index in [4.69, 9.17) is 15.6 Å². The number of rotatable bonds is 4. The Morgan fingerprint density at radius 1 is 1.53 bits per heavy atom. The van der Waals surface area contributed by atoms with E-state index in [9.17, 15) is 4.79 Å². The van der Waals surface area contributed by atoms with Crippen molar-refractivity contribution in [3.05, 3.63) is 29.3 Å². The first-order chi connectivity index (χ1) is 8.01. The van der Waals surface area contributed by atoms with Crippen LogP contribution in [0.5, 0.6) is 5.75 Å². The van der Waals surface area contributed by atoms with Gasteiger partial charge in [-0.3, -0.25) is 4.79 Å². The van der Waals surface area contributed by atoms with Gasteiger partial charge in [0.25, 0.3) is 0 Å². The van der Waals surface area contributed by atoms with Crippen LogP contribution in [0, 0.1) is 6.92 Å². The molecule has 4 heteroatoms. The van der Waals surface area contributed by atoms with Crippen molar-refractivity contribution in [3.8, 4) is 5.75 Å². The molecule has 0 radical (unpaired) electrons. The lowest BCUT2D eigenvalue weighted by Crippen LogP contribution is -2.41. The minimum absolute atomic E-state index is 0.396. The van der Waals surface area contributed by atoms with Crippen molar-refractivity contribution in [2.75, 3.05) is 7.11 Å². The number of methoxy groups -OCH3 is 1.